The number of nitrogens with one attached hydrogen (secondary N) is 4. The number of carbonyl (C=O) groups excluding carboxylic acids is 4. The van der Waals surface area contributed by atoms with Crippen molar-refractivity contribution in [3.63, 3.8) is 0 Å². The number of esters is 1. The molecule has 2 aliphatic rings. The minimum Gasteiger partial charge on any atom is -0.465 e. The molecule has 4 N–H and O–H groups in total. The van der Waals surface area contributed by atoms with Gasteiger partial charge in [0.15, 0.2) is 0 Å². The number of halogens is 1. The van der Waals surface area contributed by atoms with Crippen LogP contribution in [-0.4, -0.2) is 80.1 Å². The van der Waals surface area contributed by atoms with Crippen LogP contribution in [0.2, 0.25) is 5.02 Å². The number of piperazine rings is 1. The highest BCUT2D eigenvalue weighted by Gasteiger charge is 2.32. The number of nitrogens with zero attached hydrogens (tertiary/aromatic N) is 2. The number of para-hydroxylation sites is 2. The molecule has 11 nitrogen and oxygen atoms in total. The first-order valence-corrected chi connectivity index (χ1v) is 15.9. The minimum absolute atomic E-state index is 0.149. The summed E-state index contributed by atoms with van der Waals surface area (Å²) in [6.45, 7) is 4.21. The van der Waals surface area contributed by atoms with E-state index in [4.69, 9.17) is 16.3 Å². The van der Waals surface area contributed by atoms with Gasteiger partial charge in [-0.3, -0.25) is 14.4 Å². The summed E-state index contributed by atoms with van der Waals surface area (Å²) in [5.41, 5.74) is 4.58. The molecule has 0 unspecified atom stereocenters. The van der Waals surface area contributed by atoms with E-state index in [9.17, 15) is 19.2 Å². The molecule has 0 spiro atoms. The van der Waals surface area contributed by atoms with Crippen molar-refractivity contribution in [2.24, 2.45) is 0 Å². The summed E-state index contributed by atoms with van der Waals surface area (Å²) in [6.07, 6.45) is 0.885. The fourth-order valence-electron chi connectivity index (χ4n) is 5.74. The second-order valence-electron chi connectivity index (χ2n) is 11.2. The number of ether oxygens (including phenoxy) is 1. The molecule has 3 aromatic rings. The standard InChI is InChI=1S/C34H39ClN6O5/c1-2-46-31(42)22-37-34(45)39-27-9-5-6-10-30(27)40-15-17-41(18-16-40)33(44)29(19-23-11-13-26(35)14-12-23)38-32(43)28-20-24-7-3-4-8-25(24)21-36-28/h3-14,28-29,36H,2,15-22H2,1H3,(H,38,43)(H2,37,39,45)/t28-,29-/m1/s1. The highest BCUT2D eigenvalue weighted by molar-refractivity contribution is 6.30. The Labute approximate surface area is 273 Å². The Bertz CT molecular complexity index is 1540. The van der Waals surface area contributed by atoms with Crippen molar-refractivity contribution in [1.82, 2.24) is 20.9 Å². The lowest BCUT2D eigenvalue weighted by molar-refractivity contribution is -0.141. The molecule has 0 saturated carbocycles. The van der Waals surface area contributed by atoms with E-state index >= 15 is 0 Å². The normalized spacial score (nSPS) is 16.5. The average molecular weight is 647 g/mol. The number of hydrogen-bond donors (Lipinski definition) is 4. The Kier molecular flexibility index (Phi) is 11.1. The predicted octanol–water partition coefficient (Wildman–Crippen LogP) is 3.12. The van der Waals surface area contributed by atoms with Gasteiger partial charge in [0.25, 0.3) is 0 Å². The van der Waals surface area contributed by atoms with Gasteiger partial charge in [-0.1, -0.05) is 60.1 Å². The third kappa shape index (κ3) is 8.55. The van der Waals surface area contributed by atoms with Gasteiger partial charge < -0.3 is 35.8 Å². The van der Waals surface area contributed by atoms with E-state index in [1.54, 1.807) is 30.0 Å². The van der Waals surface area contributed by atoms with Gasteiger partial charge >= 0.3 is 12.0 Å². The van der Waals surface area contributed by atoms with E-state index in [1.807, 2.05) is 48.5 Å². The maximum Gasteiger partial charge on any atom is 0.325 e. The van der Waals surface area contributed by atoms with Crippen LogP contribution in [0.4, 0.5) is 16.2 Å². The van der Waals surface area contributed by atoms with E-state index in [0.29, 0.717) is 56.3 Å². The summed E-state index contributed by atoms with van der Waals surface area (Å²) in [4.78, 5) is 55.4. The Morgan fingerprint density at radius 1 is 0.935 bits per heavy atom. The van der Waals surface area contributed by atoms with Gasteiger partial charge in [-0.25, -0.2) is 4.79 Å². The van der Waals surface area contributed by atoms with Gasteiger partial charge in [-0.2, -0.15) is 0 Å². The van der Waals surface area contributed by atoms with Crippen LogP contribution in [0.25, 0.3) is 0 Å². The number of amides is 4. The maximum absolute atomic E-state index is 14.0. The number of carbonyl (C=O) groups is 4. The molecule has 0 radical (unpaired) electrons. The first-order chi connectivity index (χ1) is 22.3. The zero-order valence-electron chi connectivity index (χ0n) is 25.8. The van der Waals surface area contributed by atoms with E-state index in [-0.39, 0.29) is 25.0 Å². The fraction of sp³-hybridized carbons (Fsp3) is 0.353. The Morgan fingerprint density at radius 2 is 1.63 bits per heavy atom. The monoisotopic (exact) mass is 646 g/mol. The van der Waals surface area contributed by atoms with Gasteiger partial charge in [-0.05, 0) is 54.3 Å². The summed E-state index contributed by atoms with van der Waals surface area (Å²) >= 11 is 6.10. The van der Waals surface area contributed by atoms with Crippen LogP contribution in [-0.2, 0) is 38.5 Å². The van der Waals surface area contributed by atoms with Gasteiger partial charge in [0, 0.05) is 44.2 Å². The molecule has 0 aliphatic carbocycles. The zero-order chi connectivity index (χ0) is 32.5. The van der Waals surface area contributed by atoms with E-state index in [0.717, 1.165) is 16.8 Å². The minimum atomic E-state index is -0.753. The van der Waals surface area contributed by atoms with Gasteiger partial charge in [0.1, 0.15) is 12.6 Å². The van der Waals surface area contributed by atoms with Crippen molar-refractivity contribution in [2.45, 2.75) is 38.4 Å². The summed E-state index contributed by atoms with van der Waals surface area (Å²) < 4.78 is 4.86. The Morgan fingerprint density at radius 3 is 2.37 bits per heavy atom. The molecule has 242 valence electrons. The zero-order valence-corrected chi connectivity index (χ0v) is 26.5. The predicted molar refractivity (Wildman–Crippen MR) is 177 cm³/mol. The number of benzene rings is 3. The quantitative estimate of drug-likeness (QED) is 0.249. The van der Waals surface area contributed by atoms with Crippen LogP contribution >= 0.6 is 11.6 Å². The summed E-state index contributed by atoms with van der Waals surface area (Å²) in [7, 11) is 0. The van der Waals surface area contributed by atoms with E-state index < -0.39 is 24.1 Å². The highest BCUT2D eigenvalue weighted by Crippen LogP contribution is 2.27. The Hall–Kier alpha value is -4.61. The summed E-state index contributed by atoms with van der Waals surface area (Å²) in [6, 6.07) is 21.0. The van der Waals surface area contributed by atoms with Crippen molar-refractivity contribution in [3.05, 3.63) is 94.5 Å². The van der Waals surface area contributed by atoms with Crippen LogP contribution in [0.5, 0.6) is 0 Å². The smallest absolute Gasteiger partial charge is 0.325 e. The molecular formula is C34H39ClN6O5. The van der Waals surface area contributed by atoms with Crippen LogP contribution < -0.4 is 26.2 Å². The molecule has 2 aliphatic heterocycles. The lowest BCUT2D eigenvalue weighted by Crippen LogP contribution is -2.58. The third-order valence-corrected chi connectivity index (χ3v) is 8.40. The first-order valence-electron chi connectivity index (χ1n) is 15.5. The number of rotatable bonds is 10. The molecule has 0 bridgehead atoms. The first kappa shape index (κ1) is 32.8. The number of anilines is 2. The SMILES string of the molecule is CCOC(=O)CNC(=O)Nc1ccccc1N1CCN(C(=O)[C@@H](Cc2ccc(Cl)cc2)NC(=O)[C@H]2Cc3ccccc3CN2)CC1. The third-order valence-electron chi connectivity index (χ3n) is 8.15. The number of urea groups is 1. The second-order valence-corrected chi connectivity index (χ2v) is 11.7. The topological polar surface area (TPSA) is 132 Å². The molecule has 3 aromatic carbocycles. The largest absolute Gasteiger partial charge is 0.465 e. The lowest BCUT2D eigenvalue weighted by Gasteiger charge is -2.38. The molecule has 46 heavy (non-hydrogen) atoms. The molecule has 2 atom stereocenters. The molecule has 4 amide bonds. The molecule has 5 rings (SSSR count). The van der Waals surface area contributed by atoms with Crippen molar-refractivity contribution >= 4 is 46.8 Å². The summed E-state index contributed by atoms with van der Waals surface area (Å²) in [5.74, 6) is -0.872. The summed E-state index contributed by atoms with van der Waals surface area (Å²) in [5, 5.41) is 12.3. The maximum atomic E-state index is 14.0. The highest BCUT2D eigenvalue weighted by atomic mass is 35.5. The van der Waals surface area contributed by atoms with Crippen molar-refractivity contribution in [2.75, 3.05) is 49.5 Å². The average Bonchev–Trinajstić information content (AvgIpc) is 3.08. The van der Waals surface area contributed by atoms with Crippen molar-refractivity contribution in [3.8, 4) is 0 Å². The number of fused-ring (bicyclic) bond motifs is 1. The van der Waals surface area contributed by atoms with Crippen molar-refractivity contribution in [1.29, 1.82) is 0 Å². The van der Waals surface area contributed by atoms with E-state index in [2.05, 4.69) is 32.2 Å². The van der Waals surface area contributed by atoms with Crippen LogP contribution in [0.15, 0.2) is 72.8 Å². The van der Waals surface area contributed by atoms with Crippen LogP contribution in [0.1, 0.15) is 23.6 Å². The lowest BCUT2D eigenvalue weighted by atomic mass is 9.95. The van der Waals surface area contributed by atoms with Gasteiger partial charge in [0.2, 0.25) is 11.8 Å². The van der Waals surface area contributed by atoms with E-state index in [1.165, 1.54) is 5.56 Å². The Balaban J connectivity index is 1.22. The molecule has 0 aromatic heterocycles. The molecule has 2 heterocycles. The molecule has 1 fully saturated rings. The van der Waals surface area contributed by atoms with Crippen LogP contribution in [0, 0.1) is 0 Å². The van der Waals surface area contributed by atoms with Gasteiger partial charge in [0.05, 0.1) is 24.0 Å². The van der Waals surface area contributed by atoms with Gasteiger partial charge in [-0.15, -0.1) is 0 Å². The molecule has 1 saturated heterocycles. The van der Waals surface area contributed by atoms with Crippen LogP contribution in [0.3, 0.4) is 0 Å². The fourth-order valence-corrected chi connectivity index (χ4v) is 5.87. The van der Waals surface area contributed by atoms with Crippen molar-refractivity contribution < 1.29 is 23.9 Å². The number of hydrogen-bond acceptors (Lipinski definition) is 7. The molecule has 12 heteroatoms. The molecular weight excluding hydrogens is 608 g/mol. The second kappa shape index (κ2) is 15.6.